The van der Waals surface area contributed by atoms with E-state index in [2.05, 4.69) is 15.9 Å². The van der Waals surface area contributed by atoms with Crippen molar-refractivity contribution < 1.29 is 4.79 Å². The number of alkyl halides is 1. The number of carbonyl (C=O) groups excluding carboxylic acids is 1. The van der Waals surface area contributed by atoms with Gasteiger partial charge in [-0.15, -0.1) is 22.9 Å². The second-order valence-electron chi connectivity index (χ2n) is 2.70. The molecule has 1 aromatic rings. The molecule has 1 aromatic heterocycles. The number of carbonyl (C=O) groups is 1. The van der Waals surface area contributed by atoms with Crippen LogP contribution in [-0.4, -0.2) is 11.7 Å². The van der Waals surface area contributed by atoms with E-state index in [1.54, 1.807) is 0 Å². The van der Waals surface area contributed by atoms with Gasteiger partial charge in [0.05, 0.1) is 4.88 Å². The summed E-state index contributed by atoms with van der Waals surface area (Å²) in [5, 5.41) is 1.93. The van der Waals surface area contributed by atoms with E-state index in [1.165, 1.54) is 11.3 Å². The largest absolute Gasteiger partial charge is 0.293 e. The summed E-state index contributed by atoms with van der Waals surface area (Å²) in [6.07, 6.45) is 2.41. The summed E-state index contributed by atoms with van der Waals surface area (Å²) >= 11 is 10.3. The van der Waals surface area contributed by atoms with Crippen molar-refractivity contribution in [3.8, 4) is 0 Å². The van der Waals surface area contributed by atoms with Gasteiger partial charge < -0.3 is 0 Å². The van der Waals surface area contributed by atoms with E-state index in [-0.39, 0.29) is 5.78 Å². The lowest BCUT2D eigenvalue weighted by molar-refractivity contribution is 0.0984. The van der Waals surface area contributed by atoms with Gasteiger partial charge in [-0.3, -0.25) is 4.79 Å². The molecule has 0 aromatic carbocycles. The second kappa shape index (κ2) is 5.78. The average molecular weight is 282 g/mol. The van der Waals surface area contributed by atoms with Gasteiger partial charge in [0.25, 0.3) is 0 Å². The molecule has 0 N–H and O–H groups in total. The topological polar surface area (TPSA) is 17.1 Å². The van der Waals surface area contributed by atoms with E-state index in [9.17, 15) is 4.79 Å². The summed E-state index contributed by atoms with van der Waals surface area (Å²) < 4.78 is 0.984. The Bertz CT molecular complexity index is 285. The van der Waals surface area contributed by atoms with Crippen LogP contribution >= 0.6 is 38.9 Å². The molecule has 0 saturated carbocycles. The summed E-state index contributed by atoms with van der Waals surface area (Å²) in [5.74, 6) is 0.863. The number of unbranched alkanes of at least 4 members (excludes halogenated alkanes) is 1. The van der Waals surface area contributed by atoms with Gasteiger partial charge in [0.15, 0.2) is 5.78 Å². The smallest absolute Gasteiger partial charge is 0.172 e. The maximum Gasteiger partial charge on any atom is 0.172 e. The summed E-state index contributed by atoms with van der Waals surface area (Å²) in [6, 6.07) is 1.87. The van der Waals surface area contributed by atoms with Crippen molar-refractivity contribution in [1.82, 2.24) is 0 Å². The van der Waals surface area contributed by atoms with Crippen LogP contribution in [0.2, 0.25) is 0 Å². The van der Waals surface area contributed by atoms with Crippen molar-refractivity contribution in [2.45, 2.75) is 19.3 Å². The van der Waals surface area contributed by atoms with Crippen molar-refractivity contribution in [1.29, 1.82) is 0 Å². The first-order chi connectivity index (χ1) is 6.24. The Morgan fingerprint density at radius 2 is 2.31 bits per heavy atom. The van der Waals surface area contributed by atoms with Crippen LogP contribution < -0.4 is 0 Å². The number of Topliss-reactive ketones (excluding diaryl/α,β-unsaturated/α-hetero) is 1. The van der Waals surface area contributed by atoms with E-state index in [0.29, 0.717) is 12.3 Å². The highest BCUT2D eigenvalue weighted by Crippen LogP contribution is 2.21. The Morgan fingerprint density at radius 3 is 2.85 bits per heavy atom. The molecule has 0 radical (unpaired) electrons. The summed E-state index contributed by atoms with van der Waals surface area (Å²) in [7, 11) is 0. The zero-order valence-electron chi connectivity index (χ0n) is 7.06. The molecule has 1 rings (SSSR count). The van der Waals surface area contributed by atoms with Crippen molar-refractivity contribution >= 4 is 44.7 Å². The molecule has 0 aliphatic rings. The fraction of sp³-hybridized carbons (Fsp3) is 0.444. The Hall–Kier alpha value is 0.140. The highest BCUT2D eigenvalue weighted by Gasteiger charge is 2.07. The molecule has 72 valence electrons. The molecular weight excluding hydrogens is 272 g/mol. The van der Waals surface area contributed by atoms with E-state index in [4.69, 9.17) is 11.6 Å². The van der Waals surface area contributed by atoms with E-state index < -0.39 is 0 Å². The highest BCUT2D eigenvalue weighted by molar-refractivity contribution is 9.10. The van der Waals surface area contributed by atoms with Crippen molar-refractivity contribution in [2.75, 3.05) is 5.88 Å². The maximum absolute atomic E-state index is 11.5. The van der Waals surface area contributed by atoms with Crippen molar-refractivity contribution in [3.05, 3.63) is 20.8 Å². The molecule has 4 heteroatoms. The van der Waals surface area contributed by atoms with E-state index >= 15 is 0 Å². The molecule has 0 saturated heterocycles. The van der Waals surface area contributed by atoms with Crippen molar-refractivity contribution in [3.63, 3.8) is 0 Å². The van der Waals surface area contributed by atoms with Crippen LogP contribution in [0.3, 0.4) is 0 Å². The lowest BCUT2D eigenvalue weighted by Crippen LogP contribution is -1.95. The second-order valence-corrected chi connectivity index (χ2v) is 4.90. The van der Waals surface area contributed by atoms with Crippen LogP contribution in [0.15, 0.2) is 15.9 Å². The Labute approximate surface area is 95.2 Å². The first-order valence-electron chi connectivity index (χ1n) is 4.07. The Kier molecular flexibility index (Phi) is 4.99. The van der Waals surface area contributed by atoms with Crippen LogP contribution in [0.25, 0.3) is 0 Å². The molecule has 0 atom stereocenters. The fourth-order valence-electron chi connectivity index (χ4n) is 0.963. The minimum Gasteiger partial charge on any atom is -0.293 e. The number of hydrogen-bond donors (Lipinski definition) is 0. The molecule has 0 bridgehead atoms. The van der Waals surface area contributed by atoms with Crippen LogP contribution in [0.1, 0.15) is 28.9 Å². The zero-order chi connectivity index (χ0) is 9.68. The lowest BCUT2D eigenvalue weighted by Gasteiger charge is -1.95. The fourth-order valence-corrected chi connectivity index (χ4v) is 2.55. The minimum absolute atomic E-state index is 0.223. The monoisotopic (exact) mass is 280 g/mol. The summed E-state index contributed by atoms with van der Waals surface area (Å²) in [6.45, 7) is 0. The van der Waals surface area contributed by atoms with Gasteiger partial charge in [0.2, 0.25) is 0 Å². The molecule has 13 heavy (non-hydrogen) atoms. The van der Waals surface area contributed by atoms with Crippen LogP contribution in [0.5, 0.6) is 0 Å². The van der Waals surface area contributed by atoms with Gasteiger partial charge in [-0.2, -0.15) is 0 Å². The van der Waals surface area contributed by atoms with Crippen LogP contribution in [0.4, 0.5) is 0 Å². The van der Waals surface area contributed by atoms with Gasteiger partial charge in [0, 0.05) is 22.2 Å². The highest BCUT2D eigenvalue weighted by atomic mass is 79.9. The van der Waals surface area contributed by atoms with Crippen LogP contribution in [-0.2, 0) is 0 Å². The number of thiophene rings is 1. The Morgan fingerprint density at radius 1 is 1.54 bits per heavy atom. The third kappa shape index (κ3) is 3.79. The van der Waals surface area contributed by atoms with Crippen LogP contribution in [0, 0.1) is 0 Å². The number of ketones is 1. The van der Waals surface area contributed by atoms with Gasteiger partial charge >= 0.3 is 0 Å². The van der Waals surface area contributed by atoms with Gasteiger partial charge in [-0.05, 0) is 34.8 Å². The molecule has 0 spiro atoms. The molecular formula is C9H10BrClOS. The summed E-state index contributed by atoms with van der Waals surface area (Å²) in [5.41, 5.74) is 0. The SMILES string of the molecule is O=C(CCCCCl)c1cc(Br)cs1. The molecule has 0 aliphatic carbocycles. The third-order valence-corrected chi connectivity index (χ3v) is 3.63. The molecule has 0 aliphatic heterocycles. The van der Waals surface area contributed by atoms with Gasteiger partial charge in [-0.25, -0.2) is 0 Å². The van der Waals surface area contributed by atoms with Crippen molar-refractivity contribution in [2.24, 2.45) is 0 Å². The first-order valence-corrected chi connectivity index (χ1v) is 6.28. The van der Waals surface area contributed by atoms with Gasteiger partial charge in [-0.1, -0.05) is 0 Å². The van der Waals surface area contributed by atoms with Gasteiger partial charge in [0.1, 0.15) is 0 Å². The molecule has 1 heterocycles. The number of rotatable bonds is 5. The van der Waals surface area contributed by atoms with E-state index in [0.717, 1.165) is 22.2 Å². The quantitative estimate of drug-likeness (QED) is 0.451. The number of halogens is 2. The minimum atomic E-state index is 0.223. The maximum atomic E-state index is 11.5. The molecule has 1 nitrogen and oxygen atoms in total. The molecule has 0 unspecified atom stereocenters. The first kappa shape index (κ1) is 11.2. The lowest BCUT2D eigenvalue weighted by atomic mass is 10.1. The predicted molar refractivity (Wildman–Crippen MR) is 60.9 cm³/mol. The standard InChI is InChI=1S/C9H10BrClOS/c10-7-5-9(13-6-7)8(12)3-1-2-4-11/h5-6H,1-4H2. The third-order valence-electron chi connectivity index (χ3n) is 1.63. The predicted octanol–water partition coefficient (Wildman–Crippen LogP) is 4.10. The normalized spacial score (nSPS) is 10.3. The molecule has 0 amide bonds. The average Bonchev–Trinajstić information content (AvgIpc) is 2.52. The Balaban J connectivity index is 2.40. The molecule has 0 fully saturated rings. The summed E-state index contributed by atoms with van der Waals surface area (Å²) in [4.78, 5) is 12.3. The van der Waals surface area contributed by atoms with E-state index in [1.807, 2.05) is 11.4 Å². The number of hydrogen-bond acceptors (Lipinski definition) is 2. The zero-order valence-corrected chi connectivity index (χ0v) is 10.2.